The molecule has 0 aliphatic rings. The Morgan fingerprint density at radius 1 is 1.00 bits per heavy atom. The van der Waals surface area contributed by atoms with Crippen LogP contribution in [0, 0.1) is 0 Å². The minimum atomic E-state index is -0.304. The van der Waals surface area contributed by atoms with Crippen molar-refractivity contribution in [2.45, 2.75) is 0 Å². The lowest BCUT2D eigenvalue weighted by Crippen LogP contribution is -2.20. The summed E-state index contributed by atoms with van der Waals surface area (Å²) in [7, 11) is 4.76. The number of nitrogens with one attached hydrogen (secondary N) is 1. The van der Waals surface area contributed by atoms with Crippen LogP contribution in [0.1, 0.15) is 0 Å². The van der Waals surface area contributed by atoms with Crippen molar-refractivity contribution in [1.82, 2.24) is 4.98 Å². The third-order valence-electron chi connectivity index (χ3n) is 3.84. The van der Waals surface area contributed by atoms with Gasteiger partial charge < -0.3 is 18.9 Å². The number of carbonyl (C=O) groups is 1. The number of amides is 1. The summed E-state index contributed by atoms with van der Waals surface area (Å²) in [6.45, 7) is -0.134. The van der Waals surface area contributed by atoms with E-state index < -0.39 is 0 Å². The second-order valence-electron chi connectivity index (χ2n) is 5.62. The van der Waals surface area contributed by atoms with Crippen molar-refractivity contribution in [3.8, 4) is 34.3 Å². The Bertz CT molecular complexity index is 957. The second-order valence-corrected chi connectivity index (χ2v) is 6.48. The van der Waals surface area contributed by atoms with Gasteiger partial charge in [-0.05, 0) is 30.3 Å². The van der Waals surface area contributed by atoms with Crippen molar-refractivity contribution in [3.05, 3.63) is 47.8 Å². The zero-order valence-electron chi connectivity index (χ0n) is 15.7. The van der Waals surface area contributed by atoms with Crippen LogP contribution in [-0.2, 0) is 4.79 Å². The van der Waals surface area contributed by atoms with Gasteiger partial charge in [0.2, 0.25) is 0 Å². The number of benzene rings is 2. The zero-order chi connectivity index (χ0) is 19.9. The number of hydrogen-bond donors (Lipinski definition) is 1. The monoisotopic (exact) mass is 400 g/mol. The van der Waals surface area contributed by atoms with Crippen LogP contribution in [-0.4, -0.2) is 38.8 Å². The Hall–Kier alpha value is -3.26. The van der Waals surface area contributed by atoms with Gasteiger partial charge in [0.1, 0.15) is 23.0 Å². The van der Waals surface area contributed by atoms with Crippen LogP contribution in [0.15, 0.2) is 47.8 Å². The largest absolute Gasteiger partial charge is 0.497 e. The number of anilines is 1. The number of nitrogens with zero attached hydrogens (tertiary/aromatic N) is 1. The van der Waals surface area contributed by atoms with Gasteiger partial charge in [0.05, 0.1) is 27.0 Å². The van der Waals surface area contributed by atoms with Gasteiger partial charge in [0.25, 0.3) is 5.91 Å². The fourth-order valence-electron chi connectivity index (χ4n) is 2.46. The third-order valence-corrected chi connectivity index (χ3v) is 4.60. The summed E-state index contributed by atoms with van der Waals surface area (Å²) >= 11 is 1.32. The zero-order valence-corrected chi connectivity index (χ0v) is 16.5. The first kappa shape index (κ1) is 19.5. The average Bonchev–Trinajstić information content (AvgIpc) is 3.20. The minimum absolute atomic E-state index is 0.134. The number of thiazole rings is 1. The van der Waals surface area contributed by atoms with Crippen LogP contribution in [0.5, 0.6) is 23.0 Å². The predicted molar refractivity (Wildman–Crippen MR) is 108 cm³/mol. The molecule has 3 rings (SSSR count). The van der Waals surface area contributed by atoms with E-state index in [0.717, 1.165) is 5.56 Å². The Balaban J connectivity index is 1.65. The molecule has 0 radical (unpaired) electrons. The van der Waals surface area contributed by atoms with Crippen molar-refractivity contribution in [2.24, 2.45) is 0 Å². The minimum Gasteiger partial charge on any atom is -0.497 e. The van der Waals surface area contributed by atoms with Crippen molar-refractivity contribution in [2.75, 3.05) is 33.3 Å². The number of ether oxygens (including phenoxy) is 4. The number of methoxy groups -OCH3 is 3. The summed E-state index contributed by atoms with van der Waals surface area (Å²) in [5.74, 6) is 2.28. The summed E-state index contributed by atoms with van der Waals surface area (Å²) < 4.78 is 21.3. The molecule has 0 saturated heterocycles. The number of rotatable bonds is 8. The van der Waals surface area contributed by atoms with Crippen LogP contribution < -0.4 is 24.3 Å². The molecule has 146 valence electrons. The number of aromatic nitrogens is 1. The van der Waals surface area contributed by atoms with Crippen LogP contribution in [0.4, 0.5) is 5.13 Å². The lowest BCUT2D eigenvalue weighted by molar-refractivity contribution is -0.118. The molecular weight excluding hydrogens is 380 g/mol. The molecular formula is C20H20N2O5S. The van der Waals surface area contributed by atoms with Gasteiger partial charge >= 0.3 is 0 Å². The molecule has 8 heteroatoms. The van der Waals surface area contributed by atoms with Crippen molar-refractivity contribution < 1.29 is 23.7 Å². The second kappa shape index (κ2) is 9.09. The molecule has 0 spiro atoms. The van der Waals surface area contributed by atoms with E-state index in [9.17, 15) is 4.79 Å². The molecule has 0 aliphatic carbocycles. The third kappa shape index (κ3) is 4.72. The first-order valence-corrected chi connectivity index (χ1v) is 9.25. The molecule has 0 aliphatic heterocycles. The van der Waals surface area contributed by atoms with Crippen LogP contribution >= 0.6 is 11.3 Å². The smallest absolute Gasteiger partial charge is 0.264 e. The quantitative estimate of drug-likeness (QED) is 0.619. The topological polar surface area (TPSA) is 78.9 Å². The van der Waals surface area contributed by atoms with E-state index in [-0.39, 0.29) is 12.5 Å². The van der Waals surface area contributed by atoms with E-state index in [1.165, 1.54) is 11.3 Å². The highest BCUT2D eigenvalue weighted by Crippen LogP contribution is 2.35. The fraction of sp³-hybridized carbons (Fsp3) is 0.200. The van der Waals surface area contributed by atoms with Gasteiger partial charge in [-0.1, -0.05) is 6.07 Å². The molecule has 0 unspecified atom stereocenters. The lowest BCUT2D eigenvalue weighted by Gasteiger charge is -2.08. The summed E-state index contributed by atoms with van der Waals surface area (Å²) in [6, 6.07) is 12.5. The van der Waals surface area contributed by atoms with Crippen LogP contribution in [0.25, 0.3) is 11.3 Å². The molecule has 0 bridgehead atoms. The molecule has 0 saturated carbocycles. The number of carbonyl (C=O) groups excluding carboxylic acids is 1. The summed E-state index contributed by atoms with van der Waals surface area (Å²) in [4.78, 5) is 16.6. The molecule has 1 amide bonds. The lowest BCUT2D eigenvalue weighted by atomic mass is 10.1. The normalized spacial score (nSPS) is 10.2. The Kier molecular flexibility index (Phi) is 6.33. The van der Waals surface area contributed by atoms with E-state index in [2.05, 4.69) is 10.3 Å². The SMILES string of the molecule is COc1cccc(OCC(=O)Nc2nc(-c3cc(OC)ccc3OC)cs2)c1. The van der Waals surface area contributed by atoms with Gasteiger partial charge in [-0.25, -0.2) is 4.98 Å². The predicted octanol–water partition coefficient (Wildman–Crippen LogP) is 3.85. The standard InChI is InChI=1S/C20H20N2O5S/c1-24-13-5-4-6-15(9-13)27-11-19(23)22-20-21-17(12-28-20)16-10-14(25-2)7-8-18(16)26-3/h4-10,12H,11H2,1-3H3,(H,21,22,23). The van der Waals surface area contributed by atoms with Gasteiger partial charge in [0, 0.05) is 17.0 Å². The molecule has 7 nitrogen and oxygen atoms in total. The highest BCUT2D eigenvalue weighted by Gasteiger charge is 2.13. The van der Waals surface area contributed by atoms with Gasteiger partial charge in [-0.2, -0.15) is 0 Å². The van der Waals surface area contributed by atoms with Crippen LogP contribution in [0.2, 0.25) is 0 Å². The molecule has 0 fully saturated rings. The molecule has 1 heterocycles. The highest BCUT2D eigenvalue weighted by molar-refractivity contribution is 7.14. The van der Waals surface area contributed by atoms with Crippen LogP contribution in [0.3, 0.4) is 0 Å². The first-order chi connectivity index (χ1) is 13.6. The molecule has 28 heavy (non-hydrogen) atoms. The van der Waals surface area contributed by atoms with E-state index in [0.29, 0.717) is 33.8 Å². The van der Waals surface area contributed by atoms with E-state index in [1.807, 2.05) is 23.6 Å². The molecule has 3 aromatic rings. The summed E-state index contributed by atoms with van der Waals surface area (Å²) in [6.07, 6.45) is 0. The summed E-state index contributed by atoms with van der Waals surface area (Å²) in [5, 5.41) is 5.05. The molecule has 1 N–H and O–H groups in total. The van der Waals surface area contributed by atoms with Gasteiger partial charge in [-0.3, -0.25) is 10.1 Å². The van der Waals surface area contributed by atoms with E-state index in [4.69, 9.17) is 18.9 Å². The fourth-order valence-corrected chi connectivity index (χ4v) is 3.19. The Morgan fingerprint density at radius 2 is 1.75 bits per heavy atom. The highest BCUT2D eigenvalue weighted by atomic mass is 32.1. The van der Waals surface area contributed by atoms with E-state index >= 15 is 0 Å². The first-order valence-electron chi connectivity index (χ1n) is 8.37. The van der Waals surface area contributed by atoms with Crippen molar-refractivity contribution in [3.63, 3.8) is 0 Å². The average molecular weight is 400 g/mol. The maximum Gasteiger partial charge on any atom is 0.264 e. The van der Waals surface area contributed by atoms with Crippen molar-refractivity contribution in [1.29, 1.82) is 0 Å². The Labute approximate surface area is 166 Å². The van der Waals surface area contributed by atoms with E-state index in [1.54, 1.807) is 45.6 Å². The molecule has 0 atom stereocenters. The van der Waals surface area contributed by atoms with Gasteiger partial charge in [-0.15, -0.1) is 11.3 Å². The maximum atomic E-state index is 12.2. The Morgan fingerprint density at radius 3 is 2.50 bits per heavy atom. The molecule has 2 aromatic carbocycles. The van der Waals surface area contributed by atoms with Gasteiger partial charge in [0.15, 0.2) is 11.7 Å². The maximum absolute atomic E-state index is 12.2. The molecule has 1 aromatic heterocycles. The summed E-state index contributed by atoms with van der Waals surface area (Å²) in [5.41, 5.74) is 1.47. The van der Waals surface area contributed by atoms with Crippen molar-refractivity contribution >= 4 is 22.4 Å². The number of hydrogen-bond acceptors (Lipinski definition) is 7.